The number of aliphatic hydroxyl groups is 1. The second-order valence-corrected chi connectivity index (χ2v) is 10.6. The summed E-state index contributed by atoms with van der Waals surface area (Å²) < 4.78 is 17.0. The minimum atomic E-state index is -0.741. The zero-order chi connectivity index (χ0) is 27.9. The molecule has 0 aromatic heterocycles. The van der Waals surface area contributed by atoms with E-state index in [4.69, 9.17) is 14.2 Å². The summed E-state index contributed by atoms with van der Waals surface area (Å²) in [5.41, 5.74) is 2.30. The Bertz CT molecular complexity index is 1180. The van der Waals surface area contributed by atoms with Crippen LogP contribution in [0.5, 0.6) is 11.5 Å². The lowest BCUT2D eigenvalue weighted by molar-refractivity contribution is -0.140. The first-order chi connectivity index (χ1) is 18.8. The van der Waals surface area contributed by atoms with E-state index in [9.17, 15) is 14.7 Å². The number of carbonyl (C=O) groups is 2. The summed E-state index contributed by atoms with van der Waals surface area (Å²) in [5.74, 6) is 0.169. The van der Waals surface area contributed by atoms with Crippen molar-refractivity contribution in [1.82, 2.24) is 9.80 Å². The number of Topliss-reactive ketones (excluding diaryl/α,β-unsaturated/α-hetero) is 1. The van der Waals surface area contributed by atoms with Gasteiger partial charge in [-0.25, -0.2) is 0 Å². The molecule has 1 amide bonds. The average molecular weight is 537 g/mol. The van der Waals surface area contributed by atoms with Gasteiger partial charge in [0.05, 0.1) is 38.5 Å². The van der Waals surface area contributed by atoms with Crippen molar-refractivity contribution in [2.45, 2.75) is 39.7 Å². The number of nitrogens with zero attached hydrogens (tertiary/aromatic N) is 2. The molecule has 2 aromatic rings. The van der Waals surface area contributed by atoms with E-state index in [1.807, 2.05) is 31.2 Å². The van der Waals surface area contributed by atoms with E-state index in [0.29, 0.717) is 61.3 Å². The van der Waals surface area contributed by atoms with Gasteiger partial charge in [-0.2, -0.15) is 0 Å². The van der Waals surface area contributed by atoms with Gasteiger partial charge < -0.3 is 24.2 Å². The van der Waals surface area contributed by atoms with Gasteiger partial charge in [0.1, 0.15) is 5.76 Å². The van der Waals surface area contributed by atoms with Gasteiger partial charge in [0.15, 0.2) is 11.5 Å². The molecule has 8 heteroatoms. The fourth-order valence-corrected chi connectivity index (χ4v) is 4.99. The Hall–Kier alpha value is -3.36. The molecule has 2 fully saturated rings. The number of rotatable bonds is 11. The number of morpholine rings is 1. The molecule has 210 valence electrons. The zero-order valence-electron chi connectivity index (χ0n) is 23.4. The number of aryl methyl sites for hydroxylation is 1. The monoisotopic (exact) mass is 536 g/mol. The lowest BCUT2D eigenvalue weighted by Gasteiger charge is -2.29. The van der Waals surface area contributed by atoms with E-state index in [1.165, 1.54) is 0 Å². The maximum Gasteiger partial charge on any atom is 0.295 e. The van der Waals surface area contributed by atoms with Gasteiger partial charge >= 0.3 is 0 Å². The molecule has 1 N–H and O–H groups in total. The molecule has 2 aliphatic heterocycles. The lowest BCUT2D eigenvalue weighted by Crippen LogP contribution is -2.39. The summed E-state index contributed by atoms with van der Waals surface area (Å²) >= 11 is 0. The first kappa shape index (κ1) is 28.6. The van der Waals surface area contributed by atoms with E-state index >= 15 is 0 Å². The number of ketones is 1. The van der Waals surface area contributed by atoms with E-state index in [2.05, 4.69) is 18.7 Å². The molecule has 39 heavy (non-hydrogen) atoms. The van der Waals surface area contributed by atoms with Crippen LogP contribution < -0.4 is 9.47 Å². The summed E-state index contributed by atoms with van der Waals surface area (Å²) in [5, 5.41) is 11.3. The van der Waals surface area contributed by atoms with Crippen LogP contribution in [0.2, 0.25) is 0 Å². The molecule has 2 aromatic carbocycles. The van der Waals surface area contributed by atoms with Crippen molar-refractivity contribution in [2.75, 3.05) is 53.1 Å². The maximum atomic E-state index is 13.4. The summed E-state index contributed by atoms with van der Waals surface area (Å²) in [6, 6.07) is 12.0. The molecule has 0 saturated carbocycles. The molecule has 0 aliphatic carbocycles. The van der Waals surface area contributed by atoms with Crippen molar-refractivity contribution >= 4 is 17.4 Å². The zero-order valence-corrected chi connectivity index (χ0v) is 23.4. The Morgan fingerprint density at radius 2 is 1.77 bits per heavy atom. The van der Waals surface area contributed by atoms with Crippen molar-refractivity contribution in [3.05, 3.63) is 64.7 Å². The maximum absolute atomic E-state index is 13.4. The number of amides is 1. The third-order valence-corrected chi connectivity index (χ3v) is 7.30. The Balaban J connectivity index is 1.68. The highest BCUT2D eigenvalue weighted by molar-refractivity contribution is 6.46. The number of hydrogen-bond donors (Lipinski definition) is 1. The van der Waals surface area contributed by atoms with Gasteiger partial charge in [0.25, 0.3) is 11.7 Å². The van der Waals surface area contributed by atoms with Crippen molar-refractivity contribution < 1.29 is 28.9 Å². The second kappa shape index (κ2) is 13.1. The molecule has 2 saturated heterocycles. The molecule has 1 atom stereocenters. The van der Waals surface area contributed by atoms with Crippen molar-refractivity contribution in [3.8, 4) is 11.5 Å². The van der Waals surface area contributed by atoms with Gasteiger partial charge in [-0.05, 0) is 43.4 Å². The van der Waals surface area contributed by atoms with Gasteiger partial charge in [-0.1, -0.05) is 49.7 Å². The van der Waals surface area contributed by atoms with Gasteiger partial charge in [0.2, 0.25) is 0 Å². The molecular weight excluding hydrogens is 496 g/mol. The third kappa shape index (κ3) is 6.81. The number of likely N-dealkylation sites (tertiary alicyclic amines) is 1. The first-order valence-electron chi connectivity index (χ1n) is 13.8. The third-order valence-electron chi connectivity index (χ3n) is 7.30. The van der Waals surface area contributed by atoms with Crippen molar-refractivity contribution in [2.24, 2.45) is 5.92 Å². The fraction of sp³-hybridized carbons (Fsp3) is 0.484. The Labute approximate surface area is 231 Å². The molecule has 0 radical (unpaired) electrons. The fourth-order valence-electron chi connectivity index (χ4n) is 4.99. The van der Waals surface area contributed by atoms with Crippen LogP contribution in [0.15, 0.2) is 48.0 Å². The lowest BCUT2D eigenvalue weighted by atomic mass is 9.94. The Morgan fingerprint density at radius 1 is 1.05 bits per heavy atom. The Kier molecular flexibility index (Phi) is 9.64. The highest BCUT2D eigenvalue weighted by Gasteiger charge is 2.46. The number of methoxy groups -OCH3 is 1. The predicted molar refractivity (Wildman–Crippen MR) is 150 cm³/mol. The largest absolute Gasteiger partial charge is 0.507 e. The Morgan fingerprint density at radius 3 is 2.44 bits per heavy atom. The van der Waals surface area contributed by atoms with Crippen molar-refractivity contribution in [1.29, 1.82) is 0 Å². The van der Waals surface area contributed by atoms with E-state index < -0.39 is 17.7 Å². The van der Waals surface area contributed by atoms with Crippen molar-refractivity contribution in [3.63, 3.8) is 0 Å². The minimum absolute atomic E-state index is 0.0887. The summed E-state index contributed by atoms with van der Waals surface area (Å²) in [4.78, 5) is 30.6. The predicted octanol–water partition coefficient (Wildman–Crippen LogP) is 4.57. The number of aliphatic hydroxyl groups excluding tert-OH is 1. The average Bonchev–Trinajstić information content (AvgIpc) is 3.18. The van der Waals surface area contributed by atoms with Gasteiger partial charge in [-0.15, -0.1) is 0 Å². The van der Waals surface area contributed by atoms with Crippen LogP contribution in [0.4, 0.5) is 0 Å². The highest BCUT2D eigenvalue weighted by atomic mass is 16.5. The molecule has 4 rings (SSSR count). The quantitative estimate of drug-likeness (QED) is 0.256. The van der Waals surface area contributed by atoms with Crippen LogP contribution in [0, 0.1) is 12.8 Å². The van der Waals surface area contributed by atoms with Gasteiger partial charge in [0, 0.05) is 31.7 Å². The van der Waals surface area contributed by atoms with Crippen LogP contribution in [0.25, 0.3) is 5.76 Å². The molecule has 0 bridgehead atoms. The van der Waals surface area contributed by atoms with E-state index in [-0.39, 0.29) is 11.3 Å². The SMILES string of the molecule is COc1cc(C2/C(=C(\O)c3ccc(C)cc3)C(=O)C(=O)N2CCCN2CCOCC2)ccc1OCCC(C)C. The minimum Gasteiger partial charge on any atom is -0.507 e. The topological polar surface area (TPSA) is 88.5 Å². The molecular formula is C31H40N2O6. The molecule has 0 spiro atoms. The standard InChI is InChI=1S/C31H40N2O6/c1-21(2)12-17-39-25-11-10-24(20-26(25)37-4)28-27(29(34)23-8-6-22(3)7-9-23)30(35)31(36)33(28)14-5-13-32-15-18-38-19-16-32/h6-11,20-21,28,34H,5,12-19H2,1-4H3/b29-27+. The summed E-state index contributed by atoms with van der Waals surface area (Å²) in [6.45, 7) is 11.1. The van der Waals surface area contributed by atoms with Gasteiger partial charge in [-0.3, -0.25) is 14.5 Å². The van der Waals surface area contributed by atoms with E-state index in [0.717, 1.165) is 31.6 Å². The summed E-state index contributed by atoms with van der Waals surface area (Å²) in [7, 11) is 1.57. The number of benzene rings is 2. The normalized spacial score (nSPS) is 19.6. The number of carbonyl (C=O) groups excluding carboxylic acids is 2. The first-order valence-corrected chi connectivity index (χ1v) is 13.8. The highest BCUT2D eigenvalue weighted by Crippen LogP contribution is 2.42. The smallest absolute Gasteiger partial charge is 0.295 e. The molecule has 8 nitrogen and oxygen atoms in total. The van der Waals surface area contributed by atoms with Crippen LogP contribution in [0.1, 0.15) is 49.4 Å². The molecule has 1 unspecified atom stereocenters. The molecule has 2 aliphatic rings. The number of hydrogen-bond acceptors (Lipinski definition) is 7. The second-order valence-electron chi connectivity index (χ2n) is 10.6. The van der Waals surface area contributed by atoms with Crippen LogP contribution in [0.3, 0.4) is 0 Å². The van der Waals surface area contributed by atoms with Crippen LogP contribution in [-0.2, 0) is 14.3 Å². The van der Waals surface area contributed by atoms with Crippen LogP contribution >= 0.6 is 0 Å². The molecule has 2 heterocycles. The van der Waals surface area contributed by atoms with E-state index in [1.54, 1.807) is 30.2 Å². The number of ether oxygens (including phenoxy) is 3. The van der Waals surface area contributed by atoms with Crippen LogP contribution in [-0.4, -0.2) is 79.7 Å². The summed E-state index contributed by atoms with van der Waals surface area (Å²) in [6.07, 6.45) is 1.60.